The molecule has 0 saturated carbocycles. The van der Waals surface area contributed by atoms with Crippen LogP contribution in [0.5, 0.6) is 0 Å². The van der Waals surface area contributed by atoms with E-state index in [2.05, 4.69) is 38.4 Å². The largest absolute Gasteiger partial charge is 0.332 e. The lowest BCUT2D eigenvalue weighted by Crippen LogP contribution is -2.01. The van der Waals surface area contributed by atoms with Crippen molar-refractivity contribution in [3.63, 3.8) is 0 Å². The van der Waals surface area contributed by atoms with Gasteiger partial charge >= 0.3 is 4.83 Å². The molecular formula is C3H2Br2F2. The highest BCUT2D eigenvalue weighted by Gasteiger charge is 2.25. The van der Waals surface area contributed by atoms with E-state index in [0.717, 1.165) is 0 Å². The number of hydrogen-bond acceptors (Lipinski definition) is 0. The van der Waals surface area contributed by atoms with Gasteiger partial charge in [-0.15, -0.1) is 0 Å². The van der Waals surface area contributed by atoms with Crippen molar-refractivity contribution in [1.82, 2.24) is 0 Å². The second-order valence-electron chi connectivity index (χ2n) is 0.903. The molecule has 0 unspecified atom stereocenters. The maximum Gasteiger partial charge on any atom is 0.332 e. The smallest absolute Gasteiger partial charge is 0.188 e. The van der Waals surface area contributed by atoms with Gasteiger partial charge < -0.3 is 0 Å². The molecule has 0 saturated heterocycles. The Bertz CT molecular complexity index is 83.4. The van der Waals surface area contributed by atoms with Crippen molar-refractivity contribution in [2.24, 2.45) is 0 Å². The molecule has 0 fully saturated rings. The van der Waals surface area contributed by atoms with Crippen molar-refractivity contribution in [2.45, 2.75) is 4.83 Å². The van der Waals surface area contributed by atoms with E-state index in [0.29, 0.717) is 0 Å². The molecular weight excluding hydrogens is 234 g/mol. The SMILES string of the molecule is C=C(Br)C(F)(F)Br. The van der Waals surface area contributed by atoms with Gasteiger partial charge in [-0.25, -0.2) is 0 Å². The summed E-state index contributed by atoms with van der Waals surface area (Å²) in [6.45, 7) is 2.95. The van der Waals surface area contributed by atoms with Crippen LogP contribution in [-0.2, 0) is 0 Å². The molecule has 0 rings (SSSR count). The summed E-state index contributed by atoms with van der Waals surface area (Å²) < 4.78 is 22.9. The van der Waals surface area contributed by atoms with Crippen LogP contribution in [0.15, 0.2) is 11.1 Å². The first kappa shape index (κ1) is 7.56. The van der Waals surface area contributed by atoms with Gasteiger partial charge in [0.2, 0.25) is 0 Å². The molecule has 0 aliphatic carbocycles. The predicted octanol–water partition coefficient (Wildman–Crippen LogP) is 2.88. The van der Waals surface area contributed by atoms with Gasteiger partial charge in [0.1, 0.15) is 0 Å². The van der Waals surface area contributed by atoms with E-state index >= 15 is 0 Å². The van der Waals surface area contributed by atoms with Crippen molar-refractivity contribution in [3.8, 4) is 0 Å². The van der Waals surface area contributed by atoms with Crippen LogP contribution in [0.2, 0.25) is 0 Å². The fourth-order valence-corrected chi connectivity index (χ4v) is 0. The Balaban J connectivity index is 3.79. The van der Waals surface area contributed by atoms with Crippen LogP contribution >= 0.6 is 31.9 Å². The summed E-state index contributed by atoms with van der Waals surface area (Å²) in [7, 11) is 0. The summed E-state index contributed by atoms with van der Waals surface area (Å²) >= 11 is 4.57. The number of allylic oxidation sites excluding steroid dienone is 1. The molecule has 0 aromatic heterocycles. The number of hydrogen-bond donors (Lipinski definition) is 0. The quantitative estimate of drug-likeness (QED) is 0.614. The standard InChI is InChI=1S/C3H2Br2F2/c1-2(4)3(5,6)7/h1H2. The zero-order valence-corrected chi connectivity index (χ0v) is 6.39. The molecule has 0 heterocycles. The summed E-state index contributed by atoms with van der Waals surface area (Å²) in [5, 5.41) is 0. The third-order valence-electron chi connectivity index (χ3n) is 0.308. The van der Waals surface area contributed by atoms with E-state index in [1.165, 1.54) is 0 Å². The van der Waals surface area contributed by atoms with Gasteiger partial charge in [-0.2, -0.15) is 8.78 Å². The minimum absolute atomic E-state index is 0.361. The Morgan fingerprint density at radius 2 is 1.71 bits per heavy atom. The minimum atomic E-state index is -2.97. The van der Waals surface area contributed by atoms with E-state index in [1.807, 2.05) is 0 Å². The summed E-state index contributed by atoms with van der Waals surface area (Å²) in [5.74, 6) is 0. The van der Waals surface area contributed by atoms with E-state index < -0.39 is 4.83 Å². The van der Waals surface area contributed by atoms with Crippen molar-refractivity contribution < 1.29 is 8.78 Å². The summed E-state index contributed by atoms with van der Waals surface area (Å²) in [5.41, 5.74) is 0. The van der Waals surface area contributed by atoms with Crippen molar-refractivity contribution in [1.29, 1.82) is 0 Å². The third kappa shape index (κ3) is 3.17. The molecule has 7 heavy (non-hydrogen) atoms. The van der Waals surface area contributed by atoms with Crippen molar-refractivity contribution in [2.75, 3.05) is 0 Å². The molecule has 0 N–H and O–H groups in total. The lowest BCUT2D eigenvalue weighted by Gasteiger charge is -2.02. The van der Waals surface area contributed by atoms with Crippen LogP contribution in [0.1, 0.15) is 0 Å². The Morgan fingerprint density at radius 3 is 1.71 bits per heavy atom. The molecule has 0 spiro atoms. The average molecular weight is 236 g/mol. The fraction of sp³-hybridized carbons (Fsp3) is 0.333. The van der Waals surface area contributed by atoms with E-state index in [1.54, 1.807) is 0 Å². The van der Waals surface area contributed by atoms with Gasteiger partial charge in [-0.1, -0.05) is 6.58 Å². The maximum atomic E-state index is 11.6. The molecule has 0 nitrogen and oxygen atoms in total. The zero-order chi connectivity index (χ0) is 6.08. The van der Waals surface area contributed by atoms with Gasteiger partial charge in [-0.3, -0.25) is 0 Å². The van der Waals surface area contributed by atoms with Crippen LogP contribution in [0.4, 0.5) is 8.78 Å². The average Bonchev–Trinajstić information content (AvgIpc) is 1.31. The first-order chi connectivity index (χ1) is 2.94. The second kappa shape index (κ2) is 2.22. The lowest BCUT2D eigenvalue weighted by molar-refractivity contribution is 0.168. The number of rotatable bonds is 1. The van der Waals surface area contributed by atoms with Crippen LogP contribution in [0, 0.1) is 0 Å². The lowest BCUT2D eigenvalue weighted by atomic mass is 10.7. The summed E-state index contributed by atoms with van der Waals surface area (Å²) in [6.07, 6.45) is 0. The Hall–Kier alpha value is 0.560. The maximum absolute atomic E-state index is 11.6. The molecule has 42 valence electrons. The normalized spacial score (nSPS) is 11.4. The van der Waals surface area contributed by atoms with Crippen molar-refractivity contribution >= 4 is 31.9 Å². The van der Waals surface area contributed by atoms with Gasteiger partial charge in [0, 0.05) is 0 Å². The molecule has 0 aromatic carbocycles. The first-order valence-corrected chi connectivity index (χ1v) is 2.95. The molecule has 0 aliphatic rings. The monoisotopic (exact) mass is 234 g/mol. The van der Waals surface area contributed by atoms with E-state index in [4.69, 9.17) is 0 Å². The highest BCUT2D eigenvalue weighted by molar-refractivity contribution is 9.14. The number of alkyl halides is 3. The fourth-order valence-electron chi connectivity index (χ4n) is 0. The van der Waals surface area contributed by atoms with E-state index in [-0.39, 0.29) is 4.48 Å². The molecule has 0 radical (unpaired) electrons. The van der Waals surface area contributed by atoms with Gasteiger partial charge in [0.25, 0.3) is 0 Å². The molecule has 4 heteroatoms. The highest BCUT2D eigenvalue weighted by Crippen LogP contribution is 2.32. The summed E-state index contributed by atoms with van der Waals surface area (Å²) in [6, 6.07) is 0. The minimum Gasteiger partial charge on any atom is -0.188 e. The van der Waals surface area contributed by atoms with E-state index in [9.17, 15) is 8.78 Å². The zero-order valence-electron chi connectivity index (χ0n) is 3.22. The summed E-state index contributed by atoms with van der Waals surface area (Å²) in [4.78, 5) is -2.97. The highest BCUT2D eigenvalue weighted by atomic mass is 79.9. The molecule has 0 amide bonds. The van der Waals surface area contributed by atoms with Crippen LogP contribution in [0.3, 0.4) is 0 Å². The second-order valence-corrected chi connectivity index (χ2v) is 2.86. The molecule has 0 aliphatic heterocycles. The first-order valence-electron chi connectivity index (χ1n) is 1.36. The third-order valence-corrected chi connectivity index (χ3v) is 1.82. The molecule has 0 bridgehead atoms. The van der Waals surface area contributed by atoms with Gasteiger partial charge in [0.15, 0.2) is 0 Å². The Morgan fingerprint density at radius 1 is 1.57 bits per heavy atom. The van der Waals surface area contributed by atoms with Crippen LogP contribution in [0.25, 0.3) is 0 Å². The predicted molar refractivity (Wildman–Crippen MR) is 31.9 cm³/mol. The van der Waals surface area contributed by atoms with Crippen molar-refractivity contribution in [3.05, 3.63) is 11.1 Å². The topological polar surface area (TPSA) is 0 Å². The number of halogens is 4. The van der Waals surface area contributed by atoms with Gasteiger partial charge in [0.05, 0.1) is 4.48 Å². The Labute approximate surface area is 56.8 Å². The Kier molecular flexibility index (Phi) is 2.40. The van der Waals surface area contributed by atoms with Gasteiger partial charge in [-0.05, 0) is 31.9 Å². The van der Waals surface area contributed by atoms with Crippen LogP contribution in [-0.4, -0.2) is 4.83 Å². The molecule has 0 aromatic rings. The van der Waals surface area contributed by atoms with Crippen LogP contribution < -0.4 is 0 Å². The molecule has 0 atom stereocenters.